The van der Waals surface area contributed by atoms with Crippen molar-refractivity contribution in [2.24, 2.45) is 0 Å². The lowest BCUT2D eigenvalue weighted by Gasteiger charge is -2.08. The van der Waals surface area contributed by atoms with Crippen molar-refractivity contribution >= 4 is 34.1 Å². The molecule has 0 aliphatic heterocycles. The molecule has 0 unspecified atom stereocenters. The molecule has 3 aromatic rings. The fourth-order valence-corrected chi connectivity index (χ4v) is 4.18. The number of carbonyl (C=O) groups is 1. The molecule has 3 rings (SSSR count). The Balaban J connectivity index is 1.52. The van der Waals surface area contributed by atoms with E-state index in [0.717, 1.165) is 22.6 Å². The number of thiazole rings is 1. The Kier molecular flexibility index (Phi) is 7.48. The van der Waals surface area contributed by atoms with Crippen LogP contribution in [0.3, 0.4) is 0 Å². The normalized spacial score (nSPS) is 10.6. The monoisotopic (exact) mass is 432 g/mol. The lowest BCUT2D eigenvalue weighted by Crippen LogP contribution is -2.11. The van der Waals surface area contributed by atoms with Crippen LogP contribution in [-0.2, 0) is 4.79 Å². The van der Waals surface area contributed by atoms with Gasteiger partial charge in [0.1, 0.15) is 17.3 Å². The van der Waals surface area contributed by atoms with Gasteiger partial charge < -0.3 is 14.8 Å². The summed E-state index contributed by atoms with van der Waals surface area (Å²) in [4.78, 5) is 17.7. The van der Waals surface area contributed by atoms with E-state index in [9.17, 15) is 9.18 Å². The fraction of sp³-hybridized carbons (Fsp3) is 0.238. The minimum absolute atomic E-state index is 0.0804. The van der Waals surface area contributed by atoms with Gasteiger partial charge in [0, 0.05) is 22.3 Å². The number of aromatic nitrogens is 1. The molecule has 2 aromatic carbocycles. The summed E-state index contributed by atoms with van der Waals surface area (Å²) in [6, 6.07) is 11.9. The highest BCUT2D eigenvalue weighted by Gasteiger charge is 2.13. The number of ether oxygens (including phenoxy) is 2. The van der Waals surface area contributed by atoms with Gasteiger partial charge in [-0.3, -0.25) is 4.79 Å². The number of amides is 1. The number of anilines is 1. The number of rotatable bonds is 9. The van der Waals surface area contributed by atoms with Gasteiger partial charge >= 0.3 is 0 Å². The second-order valence-corrected chi connectivity index (χ2v) is 8.08. The molecule has 1 aromatic heterocycles. The summed E-state index contributed by atoms with van der Waals surface area (Å²) in [5, 5.41) is 5.26. The zero-order chi connectivity index (χ0) is 20.6. The van der Waals surface area contributed by atoms with Crippen molar-refractivity contribution in [2.75, 3.05) is 25.3 Å². The molecule has 0 bridgehead atoms. The summed E-state index contributed by atoms with van der Waals surface area (Å²) in [7, 11) is 3.21. The molecule has 0 spiro atoms. The third-order valence-corrected chi connectivity index (χ3v) is 5.92. The van der Waals surface area contributed by atoms with Gasteiger partial charge in [0.25, 0.3) is 0 Å². The third kappa shape index (κ3) is 5.95. The molecule has 0 radical (unpaired) electrons. The van der Waals surface area contributed by atoms with E-state index >= 15 is 0 Å². The molecule has 8 heteroatoms. The second-order valence-electron chi connectivity index (χ2n) is 6.06. The van der Waals surface area contributed by atoms with Crippen molar-refractivity contribution in [1.82, 2.24) is 4.98 Å². The smallest absolute Gasteiger partial charge is 0.226 e. The molecule has 0 saturated carbocycles. The van der Waals surface area contributed by atoms with Gasteiger partial charge in [0.05, 0.1) is 19.9 Å². The first-order chi connectivity index (χ1) is 14.1. The lowest BCUT2D eigenvalue weighted by atomic mass is 10.1. The maximum Gasteiger partial charge on any atom is 0.226 e. The van der Waals surface area contributed by atoms with Crippen molar-refractivity contribution in [3.63, 3.8) is 0 Å². The standard InChI is InChI=1S/C21H21FN2O3S2/c1-26-15-7-10-19(27-2)17(12-15)18-13-29-21(23-18)24-20(25)4-3-11-28-16-8-5-14(22)6-9-16/h5-10,12-13H,3-4,11H2,1-2H3,(H,23,24,25). The van der Waals surface area contributed by atoms with E-state index in [0.29, 0.717) is 28.7 Å². The van der Waals surface area contributed by atoms with Crippen molar-refractivity contribution < 1.29 is 18.7 Å². The Morgan fingerprint density at radius 1 is 1.17 bits per heavy atom. The summed E-state index contributed by atoms with van der Waals surface area (Å²) in [5.41, 5.74) is 1.52. The van der Waals surface area contributed by atoms with E-state index in [-0.39, 0.29) is 11.7 Å². The van der Waals surface area contributed by atoms with Crippen LogP contribution in [0.25, 0.3) is 11.3 Å². The molecule has 5 nitrogen and oxygen atoms in total. The van der Waals surface area contributed by atoms with Gasteiger partial charge in [0.2, 0.25) is 5.91 Å². The van der Waals surface area contributed by atoms with E-state index in [1.54, 1.807) is 38.1 Å². The molecular formula is C21H21FN2O3S2. The topological polar surface area (TPSA) is 60.5 Å². The Hall–Kier alpha value is -2.58. The van der Waals surface area contributed by atoms with Crippen LogP contribution < -0.4 is 14.8 Å². The lowest BCUT2D eigenvalue weighted by molar-refractivity contribution is -0.116. The quantitative estimate of drug-likeness (QED) is 0.358. The highest BCUT2D eigenvalue weighted by molar-refractivity contribution is 7.99. The van der Waals surface area contributed by atoms with Crippen LogP contribution in [0.1, 0.15) is 12.8 Å². The van der Waals surface area contributed by atoms with Gasteiger partial charge in [-0.15, -0.1) is 23.1 Å². The minimum Gasteiger partial charge on any atom is -0.497 e. The first kappa shape index (κ1) is 21.1. The van der Waals surface area contributed by atoms with Gasteiger partial charge in [-0.2, -0.15) is 0 Å². The summed E-state index contributed by atoms with van der Waals surface area (Å²) in [5.74, 6) is 1.85. The van der Waals surface area contributed by atoms with Gasteiger partial charge in [0.15, 0.2) is 5.13 Å². The average Bonchev–Trinajstić information content (AvgIpc) is 3.20. The molecule has 0 atom stereocenters. The average molecular weight is 433 g/mol. The predicted molar refractivity (Wildman–Crippen MR) is 116 cm³/mol. The predicted octanol–water partition coefficient (Wildman–Crippen LogP) is 5.48. The van der Waals surface area contributed by atoms with Gasteiger partial charge in [-0.1, -0.05) is 0 Å². The molecule has 1 heterocycles. The van der Waals surface area contributed by atoms with Crippen LogP contribution in [0.2, 0.25) is 0 Å². The van der Waals surface area contributed by atoms with Crippen molar-refractivity contribution in [3.8, 4) is 22.8 Å². The molecule has 152 valence electrons. The number of halogens is 1. The maximum absolute atomic E-state index is 12.9. The van der Waals surface area contributed by atoms with Crippen LogP contribution >= 0.6 is 23.1 Å². The molecular weight excluding hydrogens is 411 g/mol. The van der Waals surface area contributed by atoms with Crippen LogP contribution in [0, 0.1) is 5.82 Å². The number of nitrogens with one attached hydrogen (secondary N) is 1. The van der Waals surface area contributed by atoms with Gasteiger partial charge in [-0.25, -0.2) is 9.37 Å². The third-order valence-electron chi connectivity index (χ3n) is 4.06. The van der Waals surface area contributed by atoms with Crippen LogP contribution in [0.4, 0.5) is 9.52 Å². The Bertz CT molecular complexity index is 961. The van der Waals surface area contributed by atoms with E-state index in [4.69, 9.17) is 9.47 Å². The number of nitrogens with zero attached hydrogens (tertiary/aromatic N) is 1. The number of methoxy groups -OCH3 is 2. The molecule has 0 aliphatic carbocycles. The highest BCUT2D eigenvalue weighted by Crippen LogP contribution is 2.35. The Morgan fingerprint density at radius 3 is 2.69 bits per heavy atom. The molecule has 29 heavy (non-hydrogen) atoms. The molecule has 0 saturated heterocycles. The van der Waals surface area contributed by atoms with E-state index in [2.05, 4.69) is 10.3 Å². The summed E-state index contributed by atoms with van der Waals surface area (Å²) in [6.07, 6.45) is 1.11. The number of benzene rings is 2. The fourth-order valence-electron chi connectivity index (χ4n) is 2.60. The second kappa shape index (κ2) is 10.3. The first-order valence-electron chi connectivity index (χ1n) is 8.95. The Morgan fingerprint density at radius 2 is 1.97 bits per heavy atom. The van der Waals surface area contributed by atoms with Crippen molar-refractivity contribution in [2.45, 2.75) is 17.7 Å². The maximum atomic E-state index is 12.9. The van der Waals surface area contributed by atoms with Crippen LogP contribution in [0.15, 0.2) is 52.7 Å². The van der Waals surface area contributed by atoms with E-state index in [1.165, 1.54) is 23.5 Å². The number of hydrogen-bond acceptors (Lipinski definition) is 6. The SMILES string of the molecule is COc1ccc(OC)c(-c2csc(NC(=O)CCCSc3ccc(F)cc3)n2)c1. The minimum atomic E-state index is -0.247. The zero-order valence-electron chi connectivity index (χ0n) is 16.1. The molecule has 0 aliphatic rings. The van der Waals surface area contributed by atoms with E-state index < -0.39 is 0 Å². The number of thioether (sulfide) groups is 1. The summed E-state index contributed by atoms with van der Waals surface area (Å²) >= 11 is 2.96. The zero-order valence-corrected chi connectivity index (χ0v) is 17.7. The van der Waals surface area contributed by atoms with Gasteiger partial charge in [-0.05, 0) is 54.6 Å². The molecule has 0 fully saturated rings. The van der Waals surface area contributed by atoms with Crippen molar-refractivity contribution in [3.05, 3.63) is 53.7 Å². The van der Waals surface area contributed by atoms with E-state index in [1.807, 2.05) is 23.6 Å². The number of hydrogen-bond donors (Lipinski definition) is 1. The molecule has 1 N–H and O–H groups in total. The largest absolute Gasteiger partial charge is 0.497 e. The highest BCUT2D eigenvalue weighted by atomic mass is 32.2. The molecule has 1 amide bonds. The summed E-state index contributed by atoms with van der Waals surface area (Å²) < 4.78 is 23.6. The Labute approximate surface area is 177 Å². The summed E-state index contributed by atoms with van der Waals surface area (Å²) in [6.45, 7) is 0. The van der Waals surface area contributed by atoms with Crippen molar-refractivity contribution in [1.29, 1.82) is 0 Å². The van der Waals surface area contributed by atoms with Crippen LogP contribution in [-0.4, -0.2) is 30.9 Å². The number of carbonyl (C=O) groups excluding carboxylic acids is 1. The first-order valence-corrected chi connectivity index (χ1v) is 10.8. The van der Waals surface area contributed by atoms with Crippen LogP contribution in [0.5, 0.6) is 11.5 Å².